The van der Waals surface area contributed by atoms with Crippen molar-refractivity contribution in [3.05, 3.63) is 0 Å². The van der Waals surface area contributed by atoms with Gasteiger partial charge in [0.2, 0.25) is 0 Å². The van der Waals surface area contributed by atoms with E-state index in [0.717, 1.165) is 39.3 Å². The van der Waals surface area contributed by atoms with Crippen molar-refractivity contribution >= 4 is 35.3 Å². The second-order valence-electron chi connectivity index (χ2n) is 4.09. The van der Waals surface area contributed by atoms with E-state index in [1.807, 2.05) is 35.3 Å². The fourth-order valence-corrected chi connectivity index (χ4v) is 3.89. The minimum absolute atomic E-state index is 1.15. The Kier molecular flexibility index (Phi) is 13.5. The van der Waals surface area contributed by atoms with Gasteiger partial charge in [0.05, 0.1) is 0 Å². The molecule has 0 amide bonds. The first kappa shape index (κ1) is 17.0. The van der Waals surface area contributed by atoms with Gasteiger partial charge in [-0.3, -0.25) is 0 Å². The van der Waals surface area contributed by atoms with Crippen LogP contribution in [0, 0.1) is 0 Å². The summed E-state index contributed by atoms with van der Waals surface area (Å²) in [5, 5.41) is 10.5. The molecule has 0 saturated carbocycles. The molecule has 3 N–H and O–H groups in total. The van der Waals surface area contributed by atoms with Gasteiger partial charge >= 0.3 is 0 Å². The van der Waals surface area contributed by atoms with E-state index in [9.17, 15) is 0 Å². The van der Waals surface area contributed by atoms with Gasteiger partial charge in [-0.05, 0) is 0 Å². The second-order valence-corrected chi connectivity index (χ2v) is 7.76. The first-order chi connectivity index (χ1) is 9.00. The number of hydrogen-bond donors (Lipinski definition) is 3. The molecule has 0 aromatic rings. The Hall–Kier alpha value is 0.930. The highest BCUT2D eigenvalue weighted by Gasteiger charge is 1.94. The Labute approximate surface area is 125 Å². The maximum absolute atomic E-state index is 3.50. The lowest BCUT2D eigenvalue weighted by Gasteiger charge is -2.08. The van der Waals surface area contributed by atoms with Crippen LogP contribution in [0.15, 0.2) is 0 Å². The normalized spacial score (nSPS) is 24.0. The lowest BCUT2D eigenvalue weighted by molar-refractivity contribution is 0.756. The molecule has 3 nitrogen and oxygen atoms in total. The van der Waals surface area contributed by atoms with Crippen molar-refractivity contribution in [2.24, 2.45) is 0 Å². The van der Waals surface area contributed by atoms with Crippen LogP contribution < -0.4 is 16.0 Å². The molecule has 0 bridgehead atoms. The number of rotatable bonds is 0. The van der Waals surface area contributed by atoms with E-state index in [-0.39, 0.29) is 0 Å². The standard InChI is InChI=1S/C12H27N3S3/c1-7-16-9-3-14-5-11-18-12-6-15-4-10-17-8-2-13-1/h13-15H,1-12H2. The lowest BCUT2D eigenvalue weighted by atomic mass is 10.6. The summed E-state index contributed by atoms with van der Waals surface area (Å²) in [5.74, 6) is 7.43. The molecule has 0 unspecified atom stereocenters. The lowest BCUT2D eigenvalue weighted by Crippen LogP contribution is -2.24. The van der Waals surface area contributed by atoms with Gasteiger partial charge in [0.1, 0.15) is 0 Å². The minimum atomic E-state index is 1.15. The molecule has 1 saturated heterocycles. The maximum Gasteiger partial charge on any atom is 0.00585 e. The van der Waals surface area contributed by atoms with Crippen LogP contribution in [-0.2, 0) is 0 Å². The average molecular weight is 310 g/mol. The zero-order valence-electron chi connectivity index (χ0n) is 11.2. The third-order valence-electron chi connectivity index (χ3n) is 2.54. The van der Waals surface area contributed by atoms with E-state index in [1.165, 1.54) is 34.5 Å². The van der Waals surface area contributed by atoms with Gasteiger partial charge in [-0.25, -0.2) is 0 Å². The van der Waals surface area contributed by atoms with Crippen LogP contribution in [0.25, 0.3) is 0 Å². The van der Waals surface area contributed by atoms with Gasteiger partial charge in [-0.2, -0.15) is 35.3 Å². The van der Waals surface area contributed by atoms with Gasteiger partial charge in [0, 0.05) is 73.8 Å². The van der Waals surface area contributed by atoms with E-state index in [0.29, 0.717) is 0 Å². The van der Waals surface area contributed by atoms with Crippen molar-refractivity contribution in [3.8, 4) is 0 Å². The quantitative estimate of drug-likeness (QED) is 0.619. The molecule has 0 spiro atoms. The average Bonchev–Trinajstić information content (AvgIpc) is 2.39. The van der Waals surface area contributed by atoms with Gasteiger partial charge in [-0.15, -0.1) is 0 Å². The Morgan fingerprint density at radius 3 is 0.833 bits per heavy atom. The minimum Gasteiger partial charge on any atom is -0.315 e. The van der Waals surface area contributed by atoms with Gasteiger partial charge in [-0.1, -0.05) is 0 Å². The van der Waals surface area contributed by atoms with Crippen LogP contribution in [-0.4, -0.2) is 73.8 Å². The predicted molar refractivity (Wildman–Crippen MR) is 90.6 cm³/mol. The van der Waals surface area contributed by atoms with E-state index in [2.05, 4.69) is 16.0 Å². The topological polar surface area (TPSA) is 36.1 Å². The van der Waals surface area contributed by atoms with Crippen LogP contribution >= 0.6 is 35.3 Å². The molecule has 0 aromatic heterocycles. The Bertz CT molecular complexity index is 97.6. The second kappa shape index (κ2) is 14.3. The van der Waals surface area contributed by atoms with E-state index < -0.39 is 0 Å². The molecule has 6 heteroatoms. The molecule has 18 heavy (non-hydrogen) atoms. The van der Waals surface area contributed by atoms with Crippen LogP contribution in [0.1, 0.15) is 0 Å². The number of thioether (sulfide) groups is 3. The molecular formula is C12H27N3S3. The first-order valence-corrected chi connectivity index (χ1v) is 10.3. The molecule has 1 heterocycles. The molecule has 0 aromatic carbocycles. The fraction of sp³-hybridized carbons (Fsp3) is 1.00. The van der Waals surface area contributed by atoms with Crippen molar-refractivity contribution in [3.63, 3.8) is 0 Å². The SMILES string of the molecule is C1CSCCNCCSCCNCCSCCN1. The zero-order chi connectivity index (χ0) is 12.7. The smallest absolute Gasteiger partial charge is 0.00585 e. The highest BCUT2D eigenvalue weighted by atomic mass is 32.2. The molecule has 1 rings (SSSR count). The van der Waals surface area contributed by atoms with Crippen molar-refractivity contribution < 1.29 is 0 Å². The van der Waals surface area contributed by atoms with Crippen LogP contribution in [0.2, 0.25) is 0 Å². The molecule has 1 fully saturated rings. The summed E-state index contributed by atoms with van der Waals surface area (Å²) in [6.07, 6.45) is 0. The molecule has 0 aliphatic carbocycles. The Morgan fingerprint density at radius 1 is 0.389 bits per heavy atom. The largest absolute Gasteiger partial charge is 0.315 e. The summed E-state index contributed by atoms with van der Waals surface area (Å²) in [5.41, 5.74) is 0. The van der Waals surface area contributed by atoms with Crippen molar-refractivity contribution in [1.29, 1.82) is 0 Å². The number of nitrogens with one attached hydrogen (secondary N) is 3. The molecule has 0 radical (unpaired) electrons. The summed E-state index contributed by atoms with van der Waals surface area (Å²) in [6.45, 7) is 6.91. The summed E-state index contributed by atoms with van der Waals surface area (Å²) in [7, 11) is 0. The van der Waals surface area contributed by atoms with Crippen molar-refractivity contribution in [2.45, 2.75) is 0 Å². The van der Waals surface area contributed by atoms with Gasteiger partial charge in [0.15, 0.2) is 0 Å². The summed E-state index contributed by atoms with van der Waals surface area (Å²) in [6, 6.07) is 0. The molecule has 1 aliphatic rings. The Morgan fingerprint density at radius 2 is 0.611 bits per heavy atom. The van der Waals surface area contributed by atoms with Gasteiger partial charge in [0.25, 0.3) is 0 Å². The fourth-order valence-electron chi connectivity index (χ4n) is 1.55. The Balaban J connectivity index is 2.00. The van der Waals surface area contributed by atoms with Crippen LogP contribution in [0.3, 0.4) is 0 Å². The first-order valence-electron chi connectivity index (χ1n) is 6.85. The third kappa shape index (κ3) is 12.0. The predicted octanol–water partition coefficient (Wildman–Crippen LogP) is 0.968. The van der Waals surface area contributed by atoms with Crippen LogP contribution in [0.5, 0.6) is 0 Å². The van der Waals surface area contributed by atoms with Crippen molar-refractivity contribution in [1.82, 2.24) is 16.0 Å². The molecular weight excluding hydrogens is 282 g/mol. The maximum atomic E-state index is 3.50. The van der Waals surface area contributed by atoms with Crippen LogP contribution in [0.4, 0.5) is 0 Å². The monoisotopic (exact) mass is 309 g/mol. The molecule has 0 atom stereocenters. The molecule has 108 valence electrons. The summed E-state index contributed by atoms with van der Waals surface area (Å²) in [4.78, 5) is 0. The summed E-state index contributed by atoms with van der Waals surface area (Å²) >= 11 is 6.14. The molecule has 1 aliphatic heterocycles. The highest BCUT2D eigenvalue weighted by molar-refractivity contribution is 7.99. The summed E-state index contributed by atoms with van der Waals surface area (Å²) < 4.78 is 0. The van der Waals surface area contributed by atoms with E-state index >= 15 is 0 Å². The van der Waals surface area contributed by atoms with E-state index in [4.69, 9.17) is 0 Å². The van der Waals surface area contributed by atoms with E-state index in [1.54, 1.807) is 0 Å². The zero-order valence-corrected chi connectivity index (χ0v) is 13.7. The highest BCUT2D eigenvalue weighted by Crippen LogP contribution is 2.00. The van der Waals surface area contributed by atoms with Crippen molar-refractivity contribution in [2.75, 3.05) is 73.8 Å². The number of hydrogen-bond acceptors (Lipinski definition) is 6. The van der Waals surface area contributed by atoms with Gasteiger partial charge < -0.3 is 16.0 Å². The third-order valence-corrected chi connectivity index (χ3v) is 5.50.